The summed E-state index contributed by atoms with van der Waals surface area (Å²) in [5, 5.41) is 11.3. The first-order valence-corrected chi connectivity index (χ1v) is 8.46. The molecule has 1 aliphatic heterocycles. The number of nitrogens with zero attached hydrogens (tertiary/aromatic N) is 2. The van der Waals surface area contributed by atoms with Gasteiger partial charge in [0.15, 0.2) is 0 Å². The van der Waals surface area contributed by atoms with Crippen LogP contribution in [-0.4, -0.2) is 21.8 Å². The van der Waals surface area contributed by atoms with E-state index in [9.17, 15) is 14.7 Å². The third kappa shape index (κ3) is 2.90. The Kier molecular flexibility index (Phi) is 4.25. The zero-order chi connectivity index (χ0) is 19.0. The van der Waals surface area contributed by atoms with Gasteiger partial charge in [0.2, 0.25) is 0 Å². The third-order valence-electron chi connectivity index (χ3n) is 4.32. The van der Waals surface area contributed by atoms with Crippen LogP contribution in [0.15, 0.2) is 77.2 Å². The molecule has 3 heterocycles. The van der Waals surface area contributed by atoms with Crippen molar-refractivity contribution in [3.05, 3.63) is 89.1 Å². The van der Waals surface area contributed by atoms with E-state index in [1.165, 1.54) is 23.6 Å². The van der Waals surface area contributed by atoms with Gasteiger partial charge in [-0.1, -0.05) is 11.6 Å². The standard InChI is InChI=1S/C20H13ClN2O4/c21-13-3-5-14(6-4-13)23-17(15-2-1-11-27-15)16(19(25)20(23)26)18(24)12-7-9-22-10-8-12/h1-11,17,24H/b18-16-. The first-order valence-electron chi connectivity index (χ1n) is 8.08. The van der Waals surface area contributed by atoms with Gasteiger partial charge < -0.3 is 9.52 Å². The summed E-state index contributed by atoms with van der Waals surface area (Å²) in [6.07, 6.45) is 4.43. The molecule has 1 N–H and O–H groups in total. The second-order valence-electron chi connectivity index (χ2n) is 5.90. The minimum Gasteiger partial charge on any atom is -0.507 e. The average molecular weight is 381 g/mol. The van der Waals surface area contributed by atoms with Gasteiger partial charge in [-0.3, -0.25) is 19.5 Å². The summed E-state index contributed by atoms with van der Waals surface area (Å²) >= 11 is 5.93. The third-order valence-corrected chi connectivity index (χ3v) is 4.57. The van der Waals surface area contributed by atoms with E-state index in [0.717, 1.165) is 0 Å². The molecule has 3 aromatic rings. The Hall–Kier alpha value is -3.38. The SMILES string of the molecule is O=C1C(=O)N(c2ccc(Cl)cc2)C(c2ccco2)/C1=C(/O)c1ccncc1. The predicted molar refractivity (Wildman–Crippen MR) is 99.2 cm³/mol. The van der Waals surface area contributed by atoms with Gasteiger partial charge in [-0.2, -0.15) is 0 Å². The molecule has 7 heteroatoms. The lowest BCUT2D eigenvalue weighted by Gasteiger charge is -2.23. The Morgan fingerprint density at radius 2 is 1.78 bits per heavy atom. The monoisotopic (exact) mass is 380 g/mol. The molecule has 1 aliphatic rings. The number of amides is 1. The van der Waals surface area contributed by atoms with Gasteiger partial charge in [-0.15, -0.1) is 0 Å². The molecule has 1 amide bonds. The molecule has 4 rings (SSSR count). The van der Waals surface area contributed by atoms with Crippen molar-refractivity contribution < 1.29 is 19.1 Å². The predicted octanol–water partition coefficient (Wildman–Crippen LogP) is 3.95. The molecule has 1 aromatic carbocycles. The summed E-state index contributed by atoms with van der Waals surface area (Å²) in [5.74, 6) is -1.47. The van der Waals surface area contributed by atoms with E-state index in [4.69, 9.17) is 16.0 Å². The topological polar surface area (TPSA) is 83.6 Å². The maximum absolute atomic E-state index is 12.8. The molecule has 0 radical (unpaired) electrons. The van der Waals surface area contributed by atoms with Gasteiger partial charge in [-0.25, -0.2) is 0 Å². The average Bonchev–Trinajstić information content (AvgIpc) is 3.30. The number of hydrogen-bond acceptors (Lipinski definition) is 5. The van der Waals surface area contributed by atoms with Crippen LogP contribution in [0.3, 0.4) is 0 Å². The van der Waals surface area contributed by atoms with Gasteiger partial charge in [0.05, 0.1) is 11.8 Å². The van der Waals surface area contributed by atoms with Crippen molar-refractivity contribution in [3.8, 4) is 0 Å². The summed E-state index contributed by atoms with van der Waals surface area (Å²) in [4.78, 5) is 30.8. The fraction of sp³-hybridized carbons (Fsp3) is 0.0500. The van der Waals surface area contributed by atoms with Crippen molar-refractivity contribution >= 4 is 34.7 Å². The molecule has 2 aromatic heterocycles. The number of Topliss-reactive ketones (excluding diaryl/α,β-unsaturated/α-hetero) is 1. The van der Waals surface area contributed by atoms with E-state index in [1.54, 1.807) is 48.5 Å². The molecular formula is C20H13ClN2O4. The number of aromatic nitrogens is 1. The molecule has 134 valence electrons. The van der Waals surface area contributed by atoms with Gasteiger partial charge in [-0.05, 0) is 48.5 Å². The van der Waals surface area contributed by atoms with E-state index in [2.05, 4.69) is 4.98 Å². The van der Waals surface area contributed by atoms with Gasteiger partial charge in [0.1, 0.15) is 17.6 Å². The Bertz CT molecular complexity index is 1030. The highest BCUT2D eigenvalue weighted by Crippen LogP contribution is 2.42. The Morgan fingerprint density at radius 3 is 2.41 bits per heavy atom. The maximum Gasteiger partial charge on any atom is 0.300 e. The zero-order valence-corrected chi connectivity index (χ0v) is 14.6. The Labute approximate surface area is 159 Å². The van der Waals surface area contributed by atoms with Gasteiger partial charge in [0.25, 0.3) is 11.7 Å². The fourth-order valence-corrected chi connectivity index (χ4v) is 3.21. The summed E-state index contributed by atoms with van der Waals surface area (Å²) < 4.78 is 5.48. The molecule has 1 unspecified atom stereocenters. The van der Waals surface area contributed by atoms with Crippen LogP contribution in [0, 0.1) is 0 Å². The molecular weight excluding hydrogens is 368 g/mol. The fourth-order valence-electron chi connectivity index (χ4n) is 3.08. The van der Waals surface area contributed by atoms with Gasteiger partial charge >= 0.3 is 0 Å². The molecule has 6 nitrogen and oxygen atoms in total. The van der Waals surface area contributed by atoms with Crippen LogP contribution in [0.1, 0.15) is 17.4 Å². The van der Waals surface area contributed by atoms with Crippen molar-refractivity contribution in [2.45, 2.75) is 6.04 Å². The van der Waals surface area contributed by atoms with Crippen LogP contribution >= 0.6 is 11.6 Å². The molecule has 27 heavy (non-hydrogen) atoms. The second kappa shape index (κ2) is 6.74. The first-order chi connectivity index (χ1) is 13.1. The number of carbonyl (C=O) groups excluding carboxylic acids is 2. The number of furan rings is 1. The number of aliphatic hydroxyl groups is 1. The Balaban J connectivity index is 1.92. The Morgan fingerprint density at radius 1 is 1.07 bits per heavy atom. The molecule has 0 spiro atoms. The summed E-state index contributed by atoms with van der Waals surface area (Å²) in [7, 11) is 0. The quantitative estimate of drug-likeness (QED) is 0.422. The molecule has 0 saturated carbocycles. The smallest absolute Gasteiger partial charge is 0.300 e. The molecule has 1 saturated heterocycles. The van der Waals surface area contributed by atoms with Gasteiger partial charge in [0, 0.05) is 28.7 Å². The van der Waals surface area contributed by atoms with E-state index in [1.807, 2.05) is 0 Å². The minimum absolute atomic E-state index is 0.0453. The number of pyridine rings is 1. The number of rotatable bonds is 3. The molecule has 0 bridgehead atoms. The number of halogens is 1. The van der Waals surface area contributed by atoms with E-state index in [-0.39, 0.29) is 11.3 Å². The number of hydrogen-bond donors (Lipinski definition) is 1. The largest absolute Gasteiger partial charge is 0.507 e. The van der Waals surface area contributed by atoms with Crippen molar-refractivity contribution in [1.82, 2.24) is 4.98 Å². The van der Waals surface area contributed by atoms with Crippen LogP contribution in [0.4, 0.5) is 5.69 Å². The first kappa shape index (κ1) is 17.1. The lowest BCUT2D eigenvalue weighted by atomic mass is 9.99. The number of anilines is 1. The van der Waals surface area contributed by atoms with Crippen molar-refractivity contribution in [2.24, 2.45) is 0 Å². The maximum atomic E-state index is 12.8. The van der Waals surface area contributed by atoms with Crippen LogP contribution in [0.25, 0.3) is 5.76 Å². The van der Waals surface area contributed by atoms with Crippen molar-refractivity contribution in [2.75, 3.05) is 4.90 Å². The highest BCUT2D eigenvalue weighted by molar-refractivity contribution is 6.51. The van der Waals surface area contributed by atoms with Crippen molar-refractivity contribution in [1.29, 1.82) is 0 Å². The second-order valence-corrected chi connectivity index (χ2v) is 6.33. The van der Waals surface area contributed by atoms with E-state index in [0.29, 0.717) is 22.0 Å². The summed E-state index contributed by atoms with van der Waals surface area (Å²) in [5.41, 5.74) is 0.809. The van der Waals surface area contributed by atoms with Crippen LogP contribution in [0.2, 0.25) is 5.02 Å². The highest BCUT2D eigenvalue weighted by Gasteiger charge is 2.48. The van der Waals surface area contributed by atoms with Crippen molar-refractivity contribution in [3.63, 3.8) is 0 Å². The van der Waals surface area contributed by atoms with Crippen LogP contribution in [-0.2, 0) is 9.59 Å². The number of benzene rings is 1. The molecule has 0 aliphatic carbocycles. The number of ketones is 1. The summed E-state index contributed by atoms with van der Waals surface area (Å²) in [6, 6.07) is 12.1. The number of aliphatic hydroxyl groups excluding tert-OH is 1. The van der Waals surface area contributed by atoms with Crippen LogP contribution in [0.5, 0.6) is 0 Å². The lowest BCUT2D eigenvalue weighted by Crippen LogP contribution is -2.29. The lowest BCUT2D eigenvalue weighted by molar-refractivity contribution is -0.132. The zero-order valence-electron chi connectivity index (χ0n) is 13.9. The normalized spacial score (nSPS) is 18.9. The van der Waals surface area contributed by atoms with E-state index >= 15 is 0 Å². The number of carbonyl (C=O) groups is 2. The molecule has 1 atom stereocenters. The molecule has 1 fully saturated rings. The summed E-state index contributed by atoms with van der Waals surface area (Å²) in [6.45, 7) is 0. The minimum atomic E-state index is -0.894. The van der Waals surface area contributed by atoms with E-state index < -0.39 is 17.7 Å². The van der Waals surface area contributed by atoms with Crippen LogP contribution < -0.4 is 4.90 Å². The highest BCUT2D eigenvalue weighted by atomic mass is 35.5.